The van der Waals surface area contributed by atoms with Crippen molar-refractivity contribution in [3.63, 3.8) is 0 Å². The van der Waals surface area contributed by atoms with Crippen LogP contribution in [0.2, 0.25) is 0 Å². The van der Waals surface area contributed by atoms with Crippen molar-refractivity contribution in [2.45, 2.75) is 25.9 Å². The molecule has 9 nitrogen and oxygen atoms in total. The SMILES string of the molecule is CCOC(=O)c1cc(N(C/C=C/c2cccc(C(=N)N)c2)C/C=C/c2cccc(C(=N)N)c2)ccc1OC1CCNCC1. The topological polar surface area (TPSA) is 151 Å². The predicted molar refractivity (Wildman–Crippen MR) is 174 cm³/mol. The van der Waals surface area contributed by atoms with E-state index in [1.807, 2.05) is 91.0 Å². The van der Waals surface area contributed by atoms with Gasteiger partial charge in [-0.15, -0.1) is 0 Å². The highest BCUT2D eigenvalue weighted by molar-refractivity contribution is 5.96. The van der Waals surface area contributed by atoms with E-state index in [4.69, 9.17) is 31.8 Å². The second-order valence-electron chi connectivity index (χ2n) is 10.3. The Kier molecular flexibility index (Phi) is 11.1. The van der Waals surface area contributed by atoms with Gasteiger partial charge in [0.05, 0.1) is 6.61 Å². The molecule has 1 aliphatic rings. The summed E-state index contributed by atoms with van der Waals surface area (Å²) < 4.78 is 11.7. The van der Waals surface area contributed by atoms with Crippen LogP contribution >= 0.6 is 0 Å². The number of carbonyl (C=O) groups excluding carboxylic acids is 1. The number of carbonyl (C=O) groups is 1. The Balaban J connectivity index is 1.62. The maximum Gasteiger partial charge on any atom is 0.341 e. The smallest absolute Gasteiger partial charge is 0.341 e. The van der Waals surface area contributed by atoms with Gasteiger partial charge in [0.1, 0.15) is 29.1 Å². The molecule has 0 aliphatic carbocycles. The Morgan fingerprint density at radius 1 is 0.907 bits per heavy atom. The molecule has 0 spiro atoms. The molecule has 1 saturated heterocycles. The fourth-order valence-corrected chi connectivity index (χ4v) is 4.82. The van der Waals surface area contributed by atoms with Crippen LogP contribution in [0.15, 0.2) is 78.9 Å². The average molecular weight is 581 g/mol. The first-order valence-corrected chi connectivity index (χ1v) is 14.5. The third-order valence-electron chi connectivity index (χ3n) is 7.07. The van der Waals surface area contributed by atoms with Gasteiger partial charge in [-0.3, -0.25) is 10.8 Å². The second-order valence-corrected chi connectivity index (χ2v) is 10.3. The number of rotatable bonds is 13. The van der Waals surface area contributed by atoms with Gasteiger partial charge in [0.2, 0.25) is 0 Å². The number of anilines is 1. The number of piperidine rings is 1. The Morgan fingerprint density at radius 2 is 1.49 bits per heavy atom. The van der Waals surface area contributed by atoms with Crippen molar-refractivity contribution in [2.75, 3.05) is 37.7 Å². The Bertz CT molecular complexity index is 1420. The summed E-state index contributed by atoms with van der Waals surface area (Å²) in [7, 11) is 0. The van der Waals surface area contributed by atoms with Gasteiger partial charge >= 0.3 is 5.97 Å². The molecular formula is C34H40N6O3. The lowest BCUT2D eigenvalue weighted by Crippen LogP contribution is -2.34. The number of nitrogens with one attached hydrogen (secondary N) is 3. The molecule has 3 aromatic carbocycles. The van der Waals surface area contributed by atoms with Crippen molar-refractivity contribution in [3.8, 4) is 5.75 Å². The highest BCUT2D eigenvalue weighted by Crippen LogP contribution is 2.28. The van der Waals surface area contributed by atoms with Gasteiger partial charge in [-0.25, -0.2) is 4.79 Å². The fourth-order valence-electron chi connectivity index (χ4n) is 4.82. The number of benzene rings is 3. The normalized spacial score (nSPS) is 13.7. The molecule has 0 atom stereocenters. The van der Waals surface area contributed by atoms with Crippen molar-refractivity contribution in [3.05, 3.63) is 107 Å². The van der Waals surface area contributed by atoms with Crippen molar-refractivity contribution in [1.29, 1.82) is 10.8 Å². The van der Waals surface area contributed by atoms with Crippen LogP contribution in [0.1, 0.15) is 52.4 Å². The molecule has 0 saturated carbocycles. The minimum atomic E-state index is -0.415. The largest absolute Gasteiger partial charge is 0.489 e. The predicted octanol–water partition coefficient (Wildman–Crippen LogP) is 4.80. The van der Waals surface area contributed by atoms with Crippen molar-refractivity contribution >= 4 is 35.5 Å². The molecule has 0 aromatic heterocycles. The number of hydrogen-bond acceptors (Lipinski definition) is 7. The molecule has 0 radical (unpaired) electrons. The van der Waals surface area contributed by atoms with Crippen LogP contribution in [0.4, 0.5) is 5.69 Å². The Hall–Kier alpha value is -4.89. The maximum atomic E-state index is 13.0. The van der Waals surface area contributed by atoms with Gasteiger partial charge in [0, 0.05) is 29.9 Å². The molecule has 43 heavy (non-hydrogen) atoms. The molecule has 4 rings (SSSR count). The molecule has 0 bridgehead atoms. The zero-order valence-electron chi connectivity index (χ0n) is 24.5. The standard InChI is InChI=1S/C34H40N6O3/c1-2-42-34(41)30-23-28(13-14-31(30)43-29-15-17-39-18-16-29)40(19-5-9-24-7-3-11-26(21-24)32(35)36)20-6-10-25-8-4-12-27(22-25)33(37)38/h3-14,21-23,29,39H,2,15-20H2,1H3,(H3,35,36)(H3,37,38)/b9-5+,10-6+. The summed E-state index contributed by atoms with van der Waals surface area (Å²) in [4.78, 5) is 15.2. The van der Waals surface area contributed by atoms with Crippen molar-refractivity contribution in [2.24, 2.45) is 11.5 Å². The van der Waals surface area contributed by atoms with E-state index in [9.17, 15) is 4.79 Å². The van der Waals surface area contributed by atoms with Crippen LogP contribution in [0.3, 0.4) is 0 Å². The van der Waals surface area contributed by atoms with Crippen LogP contribution < -0.4 is 26.4 Å². The van der Waals surface area contributed by atoms with Crippen LogP contribution in [0.25, 0.3) is 12.2 Å². The minimum Gasteiger partial charge on any atom is -0.489 e. The maximum absolute atomic E-state index is 13.0. The van der Waals surface area contributed by atoms with Gasteiger partial charge in [-0.2, -0.15) is 0 Å². The van der Waals surface area contributed by atoms with Crippen molar-refractivity contribution in [1.82, 2.24) is 5.32 Å². The highest BCUT2D eigenvalue weighted by atomic mass is 16.5. The van der Waals surface area contributed by atoms with Gasteiger partial charge in [0.25, 0.3) is 0 Å². The summed E-state index contributed by atoms with van der Waals surface area (Å²) in [5.74, 6) is 0.159. The van der Waals surface area contributed by atoms with Crippen LogP contribution in [-0.2, 0) is 4.74 Å². The summed E-state index contributed by atoms with van der Waals surface area (Å²) in [5, 5.41) is 18.8. The van der Waals surface area contributed by atoms with E-state index in [1.54, 1.807) is 6.92 Å². The number of esters is 1. The molecule has 1 heterocycles. The second kappa shape index (κ2) is 15.4. The van der Waals surface area contributed by atoms with E-state index in [1.165, 1.54) is 0 Å². The van der Waals surface area contributed by atoms with Crippen LogP contribution in [0.5, 0.6) is 5.75 Å². The molecule has 1 fully saturated rings. The molecule has 3 aromatic rings. The van der Waals surface area contributed by atoms with Crippen molar-refractivity contribution < 1.29 is 14.3 Å². The molecule has 1 aliphatic heterocycles. The summed E-state index contributed by atoms with van der Waals surface area (Å²) in [6.45, 7) is 4.91. The van der Waals surface area contributed by atoms with Gasteiger partial charge in [-0.1, -0.05) is 60.7 Å². The zero-order chi connectivity index (χ0) is 30.6. The molecule has 0 amide bonds. The molecular weight excluding hydrogens is 540 g/mol. The molecule has 7 N–H and O–H groups in total. The van der Waals surface area contributed by atoms with Crippen LogP contribution in [0, 0.1) is 10.8 Å². The summed E-state index contributed by atoms with van der Waals surface area (Å²) >= 11 is 0. The Morgan fingerprint density at radius 3 is 2.02 bits per heavy atom. The number of ether oxygens (including phenoxy) is 2. The molecule has 9 heteroatoms. The summed E-state index contributed by atoms with van der Waals surface area (Å²) in [6.07, 6.45) is 9.84. The average Bonchev–Trinajstić information content (AvgIpc) is 3.01. The van der Waals surface area contributed by atoms with Gasteiger partial charge in [0.15, 0.2) is 0 Å². The van der Waals surface area contributed by atoms with Crippen LogP contribution in [-0.4, -0.2) is 56.5 Å². The van der Waals surface area contributed by atoms with E-state index in [0.717, 1.165) is 42.7 Å². The van der Waals surface area contributed by atoms with E-state index in [2.05, 4.69) is 10.2 Å². The van der Waals surface area contributed by atoms with E-state index in [-0.39, 0.29) is 24.4 Å². The first kappa shape index (κ1) is 31.1. The number of nitrogens with two attached hydrogens (primary N) is 2. The third kappa shape index (κ3) is 9.05. The lowest BCUT2D eigenvalue weighted by molar-refractivity contribution is 0.0517. The van der Waals surface area contributed by atoms with E-state index in [0.29, 0.717) is 35.5 Å². The summed E-state index contributed by atoms with van der Waals surface area (Å²) in [5.41, 5.74) is 15.8. The monoisotopic (exact) mass is 580 g/mol. The van der Waals surface area contributed by atoms with Gasteiger partial charge in [-0.05, 0) is 74.3 Å². The number of amidine groups is 2. The number of nitrogens with zero attached hydrogens (tertiary/aromatic N) is 1. The summed E-state index contributed by atoms with van der Waals surface area (Å²) in [6, 6.07) is 20.7. The number of hydrogen-bond donors (Lipinski definition) is 5. The first-order chi connectivity index (χ1) is 20.8. The molecule has 0 unspecified atom stereocenters. The lowest BCUT2D eigenvalue weighted by Gasteiger charge is -2.26. The van der Waals surface area contributed by atoms with E-state index >= 15 is 0 Å². The Labute approximate surface area is 253 Å². The zero-order valence-corrected chi connectivity index (χ0v) is 24.5. The first-order valence-electron chi connectivity index (χ1n) is 14.5. The lowest BCUT2D eigenvalue weighted by atomic mass is 10.1. The molecule has 224 valence electrons. The highest BCUT2D eigenvalue weighted by Gasteiger charge is 2.21. The minimum absolute atomic E-state index is 0.0224. The van der Waals surface area contributed by atoms with Gasteiger partial charge < -0.3 is 31.2 Å². The quantitative estimate of drug-likeness (QED) is 0.111. The third-order valence-corrected chi connectivity index (χ3v) is 7.07. The fraction of sp³-hybridized carbons (Fsp3) is 0.265. The number of nitrogen functional groups attached to an aromatic ring is 2. The van der Waals surface area contributed by atoms with E-state index < -0.39 is 5.97 Å².